The summed E-state index contributed by atoms with van der Waals surface area (Å²) in [6.45, 7) is 6.15. The third-order valence-electron chi connectivity index (χ3n) is 2.41. The minimum absolute atomic E-state index is 0.352. The highest BCUT2D eigenvalue weighted by molar-refractivity contribution is 5.77. The molecule has 0 saturated carbocycles. The molecule has 0 aliphatic carbocycles. The second-order valence-corrected chi connectivity index (χ2v) is 3.97. The molecule has 2 aromatic rings. The topological polar surface area (TPSA) is 58.6 Å². The fourth-order valence-electron chi connectivity index (χ4n) is 1.52. The maximum Gasteiger partial charge on any atom is 0.346 e. The Morgan fingerprint density at radius 3 is 2.80 bits per heavy atom. The van der Waals surface area contributed by atoms with Crippen molar-refractivity contribution < 1.29 is 0 Å². The molecule has 0 unspecified atom stereocenters. The summed E-state index contributed by atoms with van der Waals surface area (Å²) >= 11 is 0. The van der Waals surface area contributed by atoms with Crippen molar-refractivity contribution in [2.45, 2.75) is 26.7 Å². The van der Waals surface area contributed by atoms with Crippen molar-refractivity contribution in [2.75, 3.05) is 0 Å². The second kappa shape index (κ2) is 3.46. The lowest BCUT2D eigenvalue weighted by Gasteiger charge is -2.07. The van der Waals surface area contributed by atoms with Crippen LogP contribution in [0.3, 0.4) is 0 Å². The third kappa shape index (κ3) is 1.75. The van der Waals surface area contributed by atoms with Crippen molar-refractivity contribution in [3.8, 4) is 0 Å². The summed E-state index contributed by atoms with van der Waals surface area (Å²) in [6.07, 6.45) is 1.57. The molecule has 4 nitrogen and oxygen atoms in total. The molecule has 0 bridgehead atoms. The number of pyridine rings is 1. The van der Waals surface area contributed by atoms with Crippen LogP contribution in [0, 0.1) is 6.92 Å². The molecular formula is C11H13N3O. The van der Waals surface area contributed by atoms with Crippen molar-refractivity contribution in [3.05, 3.63) is 34.0 Å². The lowest BCUT2D eigenvalue weighted by molar-refractivity contribution is 0.824. The highest BCUT2D eigenvalue weighted by Gasteiger charge is 2.06. The Balaban J connectivity index is 2.79. The van der Waals surface area contributed by atoms with E-state index in [4.69, 9.17) is 0 Å². The Bertz CT molecular complexity index is 557. The molecule has 0 aromatic carbocycles. The Morgan fingerprint density at radius 2 is 2.13 bits per heavy atom. The SMILES string of the molecule is Cc1cc(C(C)C)nc2[nH]c(=O)ncc12. The van der Waals surface area contributed by atoms with Gasteiger partial charge < -0.3 is 0 Å². The van der Waals surface area contributed by atoms with E-state index in [2.05, 4.69) is 28.8 Å². The Hall–Kier alpha value is -1.71. The smallest absolute Gasteiger partial charge is 0.290 e. The lowest BCUT2D eigenvalue weighted by Crippen LogP contribution is -2.10. The Kier molecular flexibility index (Phi) is 2.26. The van der Waals surface area contributed by atoms with Gasteiger partial charge >= 0.3 is 5.69 Å². The molecule has 0 spiro atoms. The molecule has 2 heterocycles. The van der Waals surface area contributed by atoms with Gasteiger partial charge in [-0.2, -0.15) is 0 Å². The first-order chi connectivity index (χ1) is 7.08. The van der Waals surface area contributed by atoms with Crippen molar-refractivity contribution in [2.24, 2.45) is 0 Å². The fraction of sp³-hybridized carbons (Fsp3) is 0.364. The van der Waals surface area contributed by atoms with Crippen LogP contribution in [0.2, 0.25) is 0 Å². The van der Waals surface area contributed by atoms with Crippen LogP contribution in [0.1, 0.15) is 31.0 Å². The fourth-order valence-corrected chi connectivity index (χ4v) is 1.52. The third-order valence-corrected chi connectivity index (χ3v) is 2.41. The van der Waals surface area contributed by atoms with Crippen LogP contribution in [0.4, 0.5) is 0 Å². The molecule has 15 heavy (non-hydrogen) atoms. The minimum Gasteiger partial charge on any atom is -0.290 e. The predicted molar refractivity (Wildman–Crippen MR) is 59.0 cm³/mol. The van der Waals surface area contributed by atoms with E-state index in [1.807, 2.05) is 13.0 Å². The van der Waals surface area contributed by atoms with Crippen LogP contribution < -0.4 is 5.69 Å². The quantitative estimate of drug-likeness (QED) is 0.768. The summed E-state index contributed by atoms with van der Waals surface area (Å²) in [5.41, 5.74) is 2.35. The molecule has 0 saturated heterocycles. The van der Waals surface area contributed by atoms with E-state index in [-0.39, 0.29) is 5.69 Å². The summed E-state index contributed by atoms with van der Waals surface area (Å²) in [4.78, 5) is 21.8. The van der Waals surface area contributed by atoms with Crippen LogP contribution in [0.15, 0.2) is 17.1 Å². The van der Waals surface area contributed by atoms with Gasteiger partial charge in [0.05, 0.1) is 0 Å². The van der Waals surface area contributed by atoms with Crippen LogP contribution in [-0.4, -0.2) is 15.0 Å². The lowest BCUT2D eigenvalue weighted by atomic mass is 10.1. The number of nitrogens with zero attached hydrogens (tertiary/aromatic N) is 2. The van der Waals surface area contributed by atoms with Gasteiger partial charge in [-0.25, -0.2) is 14.8 Å². The van der Waals surface area contributed by atoms with Gasteiger partial charge in [0.25, 0.3) is 0 Å². The van der Waals surface area contributed by atoms with Gasteiger partial charge in [-0.3, -0.25) is 4.98 Å². The molecule has 1 N–H and O–H groups in total. The Labute approximate surface area is 87.4 Å². The maximum absolute atomic E-state index is 11.1. The van der Waals surface area contributed by atoms with Crippen molar-refractivity contribution in [3.63, 3.8) is 0 Å². The highest BCUT2D eigenvalue weighted by atomic mass is 16.1. The molecular weight excluding hydrogens is 190 g/mol. The van der Waals surface area contributed by atoms with E-state index in [1.165, 1.54) is 0 Å². The zero-order valence-corrected chi connectivity index (χ0v) is 9.03. The summed E-state index contributed by atoms with van der Waals surface area (Å²) in [5.74, 6) is 0.352. The molecule has 0 atom stereocenters. The maximum atomic E-state index is 11.1. The summed E-state index contributed by atoms with van der Waals surface area (Å²) in [5, 5.41) is 0.902. The number of nitrogens with one attached hydrogen (secondary N) is 1. The summed E-state index contributed by atoms with van der Waals surface area (Å²) < 4.78 is 0. The molecule has 0 aliphatic heterocycles. The average Bonchev–Trinajstić information content (AvgIpc) is 2.16. The zero-order chi connectivity index (χ0) is 11.0. The van der Waals surface area contributed by atoms with Gasteiger partial charge in [-0.1, -0.05) is 13.8 Å². The van der Waals surface area contributed by atoms with Gasteiger partial charge in [0.2, 0.25) is 0 Å². The average molecular weight is 203 g/mol. The Morgan fingerprint density at radius 1 is 1.40 bits per heavy atom. The number of fused-ring (bicyclic) bond motifs is 1. The molecule has 0 aliphatic rings. The number of aromatic nitrogens is 3. The van der Waals surface area contributed by atoms with E-state index in [9.17, 15) is 4.79 Å². The number of H-pyrrole nitrogens is 1. The standard InChI is InChI=1S/C11H13N3O/c1-6(2)9-4-7(3)8-5-12-11(15)14-10(8)13-9/h4-6H,1-3H3,(H,12,13,14,15). The van der Waals surface area contributed by atoms with Crippen molar-refractivity contribution in [1.29, 1.82) is 0 Å². The van der Waals surface area contributed by atoms with E-state index < -0.39 is 0 Å². The van der Waals surface area contributed by atoms with E-state index in [0.29, 0.717) is 11.6 Å². The van der Waals surface area contributed by atoms with Crippen LogP contribution in [0.5, 0.6) is 0 Å². The first-order valence-corrected chi connectivity index (χ1v) is 4.94. The van der Waals surface area contributed by atoms with Gasteiger partial charge in [0, 0.05) is 17.3 Å². The number of hydrogen-bond donors (Lipinski definition) is 1. The van der Waals surface area contributed by atoms with Gasteiger partial charge in [-0.15, -0.1) is 0 Å². The van der Waals surface area contributed by atoms with Crippen LogP contribution >= 0.6 is 0 Å². The monoisotopic (exact) mass is 203 g/mol. The van der Waals surface area contributed by atoms with E-state index in [1.54, 1.807) is 6.20 Å². The molecule has 2 aromatic heterocycles. The number of aryl methyl sites for hydroxylation is 1. The summed E-state index contributed by atoms with van der Waals surface area (Å²) in [6, 6.07) is 2.03. The number of hydrogen-bond acceptors (Lipinski definition) is 3. The largest absolute Gasteiger partial charge is 0.346 e. The second-order valence-electron chi connectivity index (χ2n) is 3.97. The molecule has 78 valence electrons. The molecule has 4 heteroatoms. The predicted octanol–water partition coefficient (Wildman–Crippen LogP) is 1.75. The first-order valence-electron chi connectivity index (χ1n) is 4.94. The number of rotatable bonds is 1. The van der Waals surface area contributed by atoms with Gasteiger partial charge in [0.15, 0.2) is 0 Å². The zero-order valence-electron chi connectivity index (χ0n) is 9.03. The van der Waals surface area contributed by atoms with Crippen LogP contribution in [0.25, 0.3) is 11.0 Å². The summed E-state index contributed by atoms with van der Waals surface area (Å²) in [7, 11) is 0. The minimum atomic E-state index is -0.352. The highest BCUT2D eigenvalue weighted by Crippen LogP contribution is 2.18. The van der Waals surface area contributed by atoms with Gasteiger partial charge in [0.1, 0.15) is 5.65 Å². The van der Waals surface area contributed by atoms with E-state index >= 15 is 0 Å². The van der Waals surface area contributed by atoms with Gasteiger partial charge in [-0.05, 0) is 24.5 Å². The van der Waals surface area contributed by atoms with Crippen molar-refractivity contribution >= 4 is 11.0 Å². The molecule has 2 rings (SSSR count). The molecule has 0 amide bonds. The normalized spacial score (nSPS) is 11.2. The van der Waals surface area contributed by atoms with Crippen molar-refractivity contribution in [1.82, 2.24) is 15.0 Å². The molecule has 0 fully saturated rings. The molecule has 0 radical (unpaired) electrons. The first kappa shape index (κ1) is 9.83. The number of aromatic amines is 1. The van der Waals surface area contributed by atoms with Crippen LogP contribution in [-0.2, 0) is 0 Å². The van der Waals surface area contributed by atoms with E-state index in [0.717, 1.165) is 16.6 Å².